The number of amides is 1. The minimum absolute atomic E-state index is 0.160. The molecule has 8 heteroatoms. The molecule has 0 fully saturated rings. The first-order chi connectivity index (χ1) is 13.7. The molecule has 150 valence electrons. The van der Waals surface area contributed by atoms with Crippen LogP contribution >= 0.6 is 11.6 Å². The molecule has 0 aliphatic heterocycles. The van der Waals surface area contributed by atoms with Gasteiger partial charge < -0.3 is 5.32 Å². The molecule has 2 aromatic carbocycles. The first-order valence-electron chi connectivity index (χ1n) is 8.83. The Labute approximate surface area is 175 Å². The van der Waals surface area contributed by atoms with Gasteiger partial charge in [-0.05, 0) is 55.3 Å². The van der Waals surface area contributed by atoms with Crippen molar-refractivity contribution in [2.75, 3.05) is 4.72 Å². The van der Waals surface area contributed by atoms with Gasteiger partial charge in [-0.3, -0.25) is 9.52 Å². The Bertz CT molecular complexity index is 1130. The molecule has 3 aromatic rings. The molecule has 29 heavy (non-hydrogen) atoms. The van der Waals surface area contributed by atoms with E-state index in [1.807, 2.05) is 6.92 Å². The standard InChI is InChI=1S/C21H20ClN3O3S/c1-14-3-8-18(9-4-14)29(27,28)25-19-11-17(7-5-15(19)2)21(26)24-13-16-6-10-20(22)23-12-16/h3-12,25H,13H2,1-2H3,(H,24,26). The van der Waals surface area contributed by atoms with E-state index in [1.165, 1.54) is 6.07 Å². The molecule has 1 amide bonds. The zero-order chi connectivity index (χ0) is 21.0. The van der Waals surface area contributed by atoms with Gasteiger partial charge in [-0.1, -0.05) is 41.4 Å². The fourth-order valence-electron chi connectivity index (χ4n) is 2.59. The second-order valence-electron chi connectivity index (χ2n) is 6.62. The summed E-state index contributed by atoms with van der Waals surface area (Å²) in [7, 11) is -3.76. The lowest BCUT2D eigenvalue weighted by atomic mass is 10.1. The van der Waals surface area contributed by atoms with Gasteiger partial charge in [-0.25, -0.2) is 13.4 Å². The Hall–Kier alpha value is -2.90. The molecule has 0 saturated carbocycles. The van der Waals surface area contributed by atoms with E-state index in [2.05, 4.69) is 15.0 Å². The van der Waals surface area contributed by atoms with Gasteiger partial charge >= 0.3 is 0 Å². The molecule has 0 saturated heterocycles. The predicted molar refractivity (Wildman–Crippen MR) is 114 cm³/mol. The van der Waals surface area contributed by atoms with E-state index in [1.54, 1.807) is 61.7 Å². The summed E-state index contributed by atoms with van der Waals surface area (Å²) < 4.78 is 27.9. The third-order valence-corrected chi connectivity index (χ3v) is 5.92. The Morgan fingerprint density at radius 3 is 2.41 bits per heavy atom. The third-order valence-electron chi connectivity index (χ3n) is 4.32. The average Bonchev–Trinajstić information content (AvgIpc) is 2.69. The van der Waals surface area contributed by atoms with Gasteiger partial charge in [-0.2, -0.15) is 0 Å². The van der Waals surface area contributed by atoms with Crippen LogP contribution in [0.15, 0.2) is 65.7 Å². The van der Waals surface area contributed by atoms with Crippen molar-refractivity contribution in [3.8, 4) is 0 Å². The highest BCUT2D eigenvalue weighted by Crippen LogP contribution is 2.22. The molecule has 0 radical (unpaired) electrons. The number of pyridine rings is 1. The normalized spacial score (nSPS) is 11.1. The SMILES string of the molecule is Cc1ccc(S(=O)(=O)Nc2cc(C(=O)NCc3ccc(Cl)nc3)ccc2C)cc1. The molecular formula is C21H20ClN3O3S. The lowest BCUT2D eigenvalue weighted by Gasteiger charge is -2.13. The number of nitrogens with one attached hydrogen (secondary N) is 2. The Morgan fingerprint density at radius 1 is 1.03 bits per heavy atom. The van der Waals surface area contributed by atoms with Crippen molar-refractivity contribution >= 4 is 33.2 Å². The fourth-order valence-corrected chi connectivity index (χ4v) is 3.82. The van der Waals surface area contributed by atoms with Gasteiger partial charge in [0.05, 0.1) is 10.6 Å². The van der Waals surface area contributed by atoms with Gasteiger partial charge in [0.1, 0.15) is 5.15 Å². The molecular weight excluding hydrogens is 410 g/mol. The first kappa shape index (κ1) is 20.8. The third kappa shape index (κ3) is 5.34. The summed E-state index contributed by atoms with van der Waals surface area (Å²) >= 11 is 5.75. The Kier molecular flexibility index (Phi) is 6.20. The number of nitrogens with zero attached hydrogens (tertiary/aromatic N) is 1. The quantitative estimate of drug-likeness (QED) is 0.578. The highest BCUT2D eigenvalue weighted by atomic mass is 35.5. The van der Waals surface area contributed by atoms with Crippen molar-refractivity contribution in [1.29, 1.82) is 0 Å². The molecule has 2 N–H and O–H groups in total. The van der Waals surface area contributed by atoms with Crippen LogP contribution in [-0.4, -0.2) is 19.3 Å². The van der Waals surface area contributed by atoms with Crippen LogP contribution in [-0.2, 0) is 16.6 Å². The molecule has 0 unspecified atom stereocenters. The van der Waals surface area contributed by atoms with E-state index in [-0.39, 0.29) is 17.3 Å². The van der Waals surface area contributed by atoms with Crippen LogP contribution in [0.1, 0.15) is 27.0 Å². The fraction of sp³-hybridized carbons (Fsp3) is 0.143. The van der Waals surface area contributed by atoms with E-state index in [0.29, 0.717) is 22.0 Å². The molecule has 0 atom stereocenters. The van der Waals surface area contributed by atoms with Crippen molar-refractivity contribution in [2.24, 2.45) is 0 Å². The second-order valence-corrected chi connectivity index (χ2v) is 8.69. The van der Waals surface area contributed by atoms with Crippen molar-refractivity contribution < 1.29 is 13.2 Å². The topological polar surface area (TPSA) is 88.2 Å². The number of carbonyl (C=O) groups is 1. The minimum atomic E-state index is -3.76. The van der Waals surface area contributed by atoms with Crippen molar-refractivity contribution in [3.63, 3.8) is 0 Å². The number of hydrogen-bond acceptors (Lipinski definition) is 4. The summed E-state index contributed by atoms with van der Waals surface area (Å²) in [6, 6.07) is 14.8. The number of aryl methyl sites for hydroxylation is 2. The number of benzene rings is 2. The lowest BCUT2D eigenvalue weighted by Crippen LogP contribution is -2.23. The zero-order valence-corrected chi connectivity index (χ0v) is 17.5. The van der Waals surface area contributed by atoms with Gasteiger partial charge in [0.15, 0.2) is 0 Å². The van der Waals surface area contributed by atoms with Crippen molar-refractivity contribution in [1.82, 2.24) is 10.3 Å². The highest BCUT2D eigenvalue weighted by Gasteiger charge is 2.16. The number of sulfonamides is 1. The molecule has 1 aromatic heterocycles. The number of aromatic nitrogens is 1. The maximum atomic E-state index is 12.7. The molecule has 0 aliphatic rings. The summed E-state index contributed by atoms with van der Waals surface area (Å²) in [5, 5.41) is 3.16. The Balaban J connectivity index is 1.75. The van der Waals surface area contributed by atoms with Crippen LogP contribution in [0.4, 0.5) is 5.69 Å². The average molecular weight is 430 g/mol. The van der Waals surface area contributed by atoms with Crippen LogP contribution in [0.25, 0.3) is 0 Å². The smallest absolute Gasteiger partial charge is 0.261 e. The first-order valence-corrected chi connectivity index (χ1v) is 10.7. The summed E-state index contributed by atoms with van der Waals surface area (Å²) in [5.41, 5.74) is 3.18. The van der Waals surface area contributed by atoms with Crippen LogP contribution in [0, 0.1) is 13.8 Å². The molecule has 6 nitrogen and oxygen atoms in total. The number of rotatable bonds is 6. The summed E-state index contributed by atoms with van der Waals surface area (Å²) in [6.45, 7) is 3.94. The molecule has 3 rings (SSSR count). The van der Waals surface area contributed by atoms with E-state index in [0.717, 1.165) is 11.1 Å². The zero-order valence-electron chi connectivity index (χ0n) is 15.9. The van der Waals surface area contributed by atoms with Crippen molar-refractivity contribution in [3.05, 3.63) is 88.2 Å². The largest absolute Gasteiger partial charge is 0.348 e. The molecule has 0 spiro atoms. The second kappa shape index (κ2) is 8.63. The Morgan fingerprint density at radius 2 is 1.76 bits per heavy atom. The molecule has 1 heterocycles. The van der Waals surface area contributed by atoms with E-state index in [4.69, 9.17) is 11.6 Å². The van der Waals surface area contributed by atoms with Crippen LogP contribution in [0.5, 0.6) is 0 Å². The minimum Gasteiger partial charge on any atom is -0.348 e. The van der Waals surface area contributed by atoms with Gasteiger partial charge in [-0.15, -0.1) is 0 Å². The number of hydrogen-bond donors (Lipinski definition) is 2. The monoisotopic (exact) mass is 429 g/mol. The van der Waals surface area contributed by atoms with Crippen LogP contribution < -0.4 is 10.0 Å². The molecule has 0 bridgehead atoms. The van der Waals surface area contributed by atoms with E-state index in [9.17, 15) is 13.2 Å². The van der Waals surface area contributed by atoms with E-state index >= 15 is 0 Å². The summed E-state index contributed by atoms with van der Waals surface area (Å²) in [6.07, 6.45) is 1.58. The predicted octanol–water partition coefficient (Wildman–Crippen LogP) is 4.08. The maximum Gasteiger partial charge on any atom is 0.261 e. The summed E-state index contributed by atoms with van der Waals surface area (Å²) in [5.74, 6) is -0.323. The van der Waals surface area contributed by atoms with Crippen LogP contribution in [0.3, 0.4) is 0 Å². The highest BCUT2D eigenvalue weighted by molar-refractivity contribution is 7.92. The van der Waals surface area contributed by atoms with Crippen molar-refractivity contribution in [2.45, 2.75) is 25.3 Å². The number of carbonyl (C=O) groups excluding carboxylic acids is 1. The van der Waals surface area contributed by atoms with Crippen LogP contribution in [0.2, 0.25) is 5.15 Å². The maximum absolute atomic E-state index is 12.7. The van der Waals surface area contributed by atoms with Gasteiger partial charge in [0.25, 0.3) is 15.9 Å². The number of halogens is 1. The van der Waals surface area contributed by atoms with Gasteiger partial charge in [0, 0.05) is 18.3 Å². The number of anilines is 1. The van der Waals surface area contributed by atoms with E-state index < -0.39 is 10.0 Å². The van der Waals surface area contributed by atoms with Gasteiger partial charge in [0.2, 0.25) is 0 Å². The summed E-state index contributed by atoms with van der Waals surface area (Å²) in [4.78, 5) is 16.6. The molecule has 0 aliphatic carbocycles. The lowest BCUT2D eigenvalue weighted by molar-refractivity contribution is 0.0951.